The maximum absolute atomic E-state index is 9.90. The molecule has 0 rings (SSSR count). The van der Waals surface area contributed by atoms with E-state index in [1.54, 1.807) is 6.92 Å². The zero-order valence-electron chi connectivity index (χ0n) is 4.88. The van der Waals surface area contributed by atoms with Crippen LogP contribution in [0.3, 0.4) is 0 Å². The van der Waals surface area contributed by atoms with Gasteiger partial charge >= 0.3 is 5.97 Å². The van der Waals surface area contributed by atoms with Gasteiger partial charge in [0.25, 0.3) is 5.76 Å². The molecule has 0 aliphatic carbocycles. The number of aliphatic carboxylic acids is 1. The molecule has 4 nitrogen and oxygen atoms in total. The molecule has 0 aliphatic heterocycles. The molecule has 0 heterocycles. The monoisotopic (exact) mass is 130 g/mol. The minimum absolute atomic E-state index is 0.164. The lowest BCUT2D eigenvalue weighted by atomic mass is 10.6. The van der Waals surface area contributed by atoms with Gasteiger partial charge in [-0.2, -0.15) is 0 Å². The van der Waals surface area contributed by atoms with E-state index in [2.05, 4.69) is 4.74 Å². The number of hydrogen-bond acceptors (Lipinski definition) is 3. The standard InChI is InChI=1S/C5H6O4/c1-2-9-4(3-6)5(7)8/h2H2,1H3,(H,7,8). The number of ether oxygens (including phenoxy) is 1. The van der Waals surface area contributed by atoms with Gasteiger partial charge in [0.05, 0.1) is 6.61 Å². The Morgan fingerprint density at radius 2 is 2.33 bits per heavy atom. The van der Waals surface area contributed by atoms with Gasteiger partial charge in [0.1, 0.15) is 0 Å². The minimum atomic E-state index is -1.38. The molecule has 0 fully saturated rings. The van der Waals surface area contributed by atoms with Crippen molar-refractivity contribution in [3.63, 3.8) is 0 Å². The largest absolute Gasteiger partial charge is 0.479 e. The van der Waals surface area contributed by atoms with E-state index < -0.39 is 11.7 Å². The molecule has 0 saturated carbocycles. The minimum Gasteiger partial charge on any atom is -0.479 e. The second-order valence-electron chi connectivity index (χ2n) is 1.17. The highest BCUT2D eigenvalue weighted by Gasteiger charge is 2.06. The Labute approximate surface area is 51.7 Å². The summed E-state index contributed by atoms with van der Waals surface area (Å²) in [4.78, 5) is 19.6. The third-order valence-corrected chi connectivity index (χ3v) is 0.576. The van der Waals surface area contributed by atoms with Gasteiger partial charge in [-0.05, 0) is 6.92 Å². The van der Waals surface area contributed by atoms with Crippen LogP contribution in [0.25, 0.3) is 0 Å². The maximum Gasteiger partial charge on any atom is 0.383 e. The van der Waals surface area contributed by atoms with Crippen molar-refractivity contribution >= 4 is 11.9 Å². The number of carboxylic acid groups (broad SMARTS) is 1. The molecule has 0 atom stereocenters. The molecule has 0 aliphatic rings. The molecule has 4 heteroatoms. The highest BCUT2D eigenvalue weighted by atomic mass is 16.5. The molecule has 0 aromatic rings. The lowest BCUT2D eigenvalue weighted by Crippen LogP contribution is -2.04. The number of rotatable bonds is 3. The van der Waals surface area contributed by atoms with Crippen LogP contribution in [0.1, 0.15) is 6.92 Å². The maximum atomic E-state index is 9.90. The second kappa shape index (κ2) is 3.69. The molecule has 0 radical (unpaired) electrons. The number of carbonyl (C=O) groups is 1. The van der Waals surface area contributed by atoms with E-state index in [-0.39, 0.29) is 6.61 Å². The van der Waals surface area contributed by atoms with E-state index in [1.807, 2.05) is 0 Å². The van der Waals surface area contributed by atoms with Crippen molar-refractivity contribution in [2.75, 3.05) is 6.61 Å². The smallest absolute Gasteiger partial charge is 0.383 e. The summed E-state index contributed by atoms with van der Waals surface area (Å²) in [6.45, 7) is 1.75. The quantitative estimate of drug-likeness (QED) is 0.327. The highest BCUT2D eigenvalue weighted by molar-refractivity contribution is 5.92. The van der Waals surface area contributed by atoms with Crippen LogP contribution in [0, 0.1) is 0 Å². The first-order chi connectivity index (χ1) is 4.22. The van der Waals surface area contributed by atoms with Gasteiger partial charge in [-0.3, -0.25) is 0 Å². The molecular formula is C5H6O4. The van der Waals surface area contributed by atoms with Gasteiger partial charge in [0.2, 0.25) is 0 Å². The molecule has 0 spiro atoms. The summed E-state index contributed by atoms with van der Waals surface area (Å²) < 4.78 is 4.35. The van der Waals surface area contributed by atoms with E-state index in [4.69, 9.17) is 5.11 Å². The number of hydrogen-bond donors (Lipinski definition) is 1. The van der Waals surface area contributed by atoms with E-state index in [0.717, 1.165) is 5.94 Å². The van der Waals surface area contributed by atoms with Crippen LogP contribution in [0.4, 0.5) is 0 Å². The normalized spacial score (nSPS) is 7.67. The lowest BCUT2D eigenvalue weighted by Gasteiger charge is -1.95. The van der Waals surface area contributed by atoms with E-state index >= 15 is 0 Å². The summed E-state index contributed by atoms with van der Waals surface area (Å²) in [7, 11) is 0. The Bertz CT molecular complexity index is 154. The third kappa shape index (κ3) is 2.51. The Morgan fingerprint density at radius 1 is 1.78 bits per heavy atom. The van der Waals surface area contributed by atoms with Gasteiger partial charge in [0, 0.05) is 0 Å². The zero-order valence-corrected chi connectivity index (χ0v) is 4.88. The van der Waals surface area contributed by atoms with Crippen molar-refractivity contribution in [3.8, 4) is 0 Å². The van der Waals surface area contributed by atoms with Crippen molar-refractivity contribution in [1.29, 1.82) is 0 Å². The van der Waals surface area contributed by atoms with Crippen LogP contribution in [0.5, 0.6) is 0 Å². The first-order valence-electron chi connectivity index (χ1n) is 2.33. The Morgan fingerprint density at radius 3 is 2.44 bits per heavy atom. The van der Waals surface area contributed by atoms with Crippen LogP contribution in [0.2, 0.25) is 0 Å². The van der Waals surface area contributed by atoms with Crippen LogP contribution in [-0.2, 0) is 14.3 Å². The van der Waals surface area contributed by atoms with Crippen molar-refractivity contribution in [2.24, 2.45) is 0 Å². The van der Waals surface area contributed by atoms with E-state index in [1.165, 1.54) is 0 Å². The fourth-order valence-corrected chi connectivity index (χ4v) is 0.279. The van der Waals surface area contributed by atoms with E-state index in [9.17, 15) is 9.59 Å². The third-order valence-electron chi connectivity index (χ3n) is 0.576. The highest BCUT2D eigenvalue weighted by Crippen LogP contribution is 1.89. The fourth-order valence-electron chi connectivity index (χ4n) is 0.279. The fraction of sp³-hybridized carbons (Fsp3) is 0.400. The average Bonchev–Trinajstić information content (AvgIpc) is 1.82. The number of carbonyl (C=O) groups excluding carboxylic acids is 1. The van der Waals surface area contributed by atoms with Gasteiger partial charge in [-0.25, -0.2) is 9.59 Å². The van der Waals surface area contributed by atoms with Gasteiger partial charge < -0.3 is 9.84 Å². The molecule has 50 valence electrons. The average molecular weight is 130 g/mol. The van der Waals surface area contributed by atoms with Gasteiger partial charge in [-0.1, -0.05) is 0 Å². The molecule has 0 bridgehead atoms. The summed E-state index contributed by atoms with van der Waals surface area (Å²) in [6.07, 6.45) is 0. The lowest BCUT2D eigenvalue weighted by molar-refractivity contribution is -0.136. The summed E-state index contributed by atoms with van der Waals surface area (Å²) >= 11 is 0. The van der Waals surface area contributed by atoms with Crippen molar-refractivity contribution in [3.05, 3.63) is 5.76 Å². The Kier molecular flexibility index (Phi) is 3.16. The van der Waals surface area contributed by atoms with Crippen molar-refractivity contribution < 1.29 is 19.4 Å². The summed E-state index contributed by atoms with van der Waals surface area (Å²) in [6, 6.07) is 0. The first-order valence-corrected chi connectivity index (χ1v) is 2.33. The molecule has 0 amide bonds. The van der Waals surface area contributed by atoms with Gasteiger partial charge in [-0.15, -0.1) is 0 Å². The number of carboxylic acids is 1. The van der Waals surface area contributed by atoms with Crippen LogP contribution in [0.15, 0.2) is 5.76 Å². The summed E-state index contributed by atoms with van der Waals surface area (Å²) in [5.41, 5.74) is 0. The summed E-state index contributed by atoms with van der Waals surface area (Å²) in [5.74, 6) is -0.904. The van der Waals surface area contributed by atoms with Crippen LogP contribution >= 0.6 is 0 Å². The Hall–Kier alpha value is -1.28. The molecule has 1 N–H and O–H groups in total. The first kappa shape index (κ1) is 7.72. The van der Waals surface area contributed by atoms with Crippen molar-refractivity contribution in [1.82, 2.24) is 0 Å². The molecule has 0 saturated heterocycles. The Balaban J connectivity index is 4.02. The molecule has 9 heavy (non-hydrogen) atoms. The van der Waals surface area contributed by atoms with Crippen molar-refractivity contribution in [2.45, 2.75) is 6.92 Å². The second-order valence-corrected chi connectivity index (χ2v) is 1.17. The SMILES string of the molecule is CCOC(=C=O)C(=O)O. The summed E-state index contributed by atoms with van der Waals surface area (Å²) in [5, 5.41) is 8.08. The van der Waals surface area contributed by atoms with Crippen LogP contribution in [-0.4, -0.2) is 23.6 Å². The zero-order chi connectivity index (χ0) is 7.28. The predicted octanol–water partition coefficient (Wildman–Crippen LogP) is -0.177. The predicted molar refractivity (Wildman–Crippen MR) is 28.5 cm³/mol. The molecular weight excluding hydrogens is 124 g/mol. The van der Waals surface area contributed by atoms with Gasteiger partial charge in [0.15, 0.2) is 5.94 Å². The topological polar surface area (TPSA) is 63.6 Å². The van der Waals surface area contributed by atoms with E-state index in [0.29, 0.717) is 0 Å². The molecule has 0 unspecified atom stereocenters. The molecule has 0 aromatic heterocycles. The molecule has 0 aromatic carbocycles. The van der Waals surface area contributed by atoms with Crippen LogP contribution < -0.4 is 0 Å².